The van der Waals surface area contributed by atoms with Crippen molar-refractivity contribution >= 4 is 64.1 Å². The maximum Gasteiger partial charge on any atom is 0.164 e. The van der Waals surface area contributed by atoms with Crippen LogP contribution in [-0.2, 0) is 0 Å². The number of fused-ring (bicyclic) bond motifs is 7. The molecule has 0 unspecified atom stereocenters. The number of rotatable bonds is 6. The standard InChI is InChI=1S/C55H34N4S/c1-3-16-36(17-4-1)53-56-54(37-18-5-2-6-19-37)58-55(57-53)40-22-13-21-38(31-40)47-33-41(34-48-46-25-10-12-28-51(46)60-52(47)48)59-49-27-11-9-24-44(49)45-30-29-39(32-50(45)59)43-26-14-20-35-15-7-8-23-42(35)43/h1-34H. The van der Waals surface area contributed by atoms with Crippen LogP contribution in [0.4, 0.5) is 0 Å². The van der Waals surface area contributed by atoms with Gasteiger partial charge in [0.05, 0.1) is 11.0 Å². The van der Waals surface area contributed by atoms with Crippen molar-refractivity contribution in [2.24, 2.45) is 0 Å². The molecule has 0 aliphatic rings. The fourth-order valence-corrected chi connectivity index (χ4v) is 10.0. The van der Waals surface area contributed by atoms with Gasteiger partial charge >= 0.3 is 0 Å². The van der Waals surface area contributed by atoms with E-state index in [1.54, 1.807) is 0 Å². The van der Waals surface area contributed by atoms with Gasteiger partial charge in [-0.05, 0) is 63.9 Å². The van der Waals surface area contributed by atoms with E-state index in [1.165, 1.54) is 69.4 Å². The lowest BCUT2D eigenvalue weighted by Gasteiger charge is -2.14. The third-order valence-electron chi connectivity index (χ3n) is 11.6. The molecule has 9 aromatic carbocycles. The first kappa shape index (κ1) is 34.3. The minimum Gasteiger partial charge on any atom is -0.309 e. The third kappa shape index (κ3) is 5.70. The van der Waals surface area contributed by atoms with Gasteiger partial charge in [0.1, 0.15) is 0 Å². The van der Waals surface area contributed by atoms with Crippen LogP contribution in [0.1, 0.15) is 0 Å². The molecule has 3 heterocycles. The summed E-state index contributed by atoms with van der Waals surface area (Å²) in [7, 11) is 0. The van der Waals surface area contributed by atoms with E-state index in [0.717, 1.165) is 27.9 Å². The summed E-state index contributed by atoms with van der Waals surface area (Å²) in [6.07, 6.45) is 0. The predicted octanol–water partition coefficient (Wildman–Crippen LogP) is 14.8. The van der Waals surface area contributed by atoms with Gasteiger partial charge in [0.25, 0.3) is 0 Å². The summed E-state index contributed by atoms with van der Waals surface area (Å²) in [5, 5.41) is 7.44. The molecule has 0 saturated heterocycles. The van der Waals surface area contributed by atoms with E-state index >= 15 is 0 Å². The molecule has 0 fully saturated rings. The van der Waals surface area contributed by atoms with Crippen molar-refractivity contribution in [1.29, 1.82) is 0 Å². The highest BCUT2D eigenvalue weighted by Gasteiger charge is 2.20. The molecular weight excluding hydrogens is 749 g/mol. The zero-order valence-corrected chi connectivity index (χ0v) is 33.1. The van der Waals surface area contributed by atoms with Crippen LogP contribution in [0.2, 0.25) is 0 Å². The highest BCUT2D eigenvalue weighted by molar-refractivity contribution is 7.26. The Hall–Kier alpha value is -7.73. The van der Waals surface area contributed by atoms with Crippen LogP contribution in [0.5, 0.6) is 0 Å². The molecule has 3 aromatic heterocycles. The normalized spacial score (nSPS) is 11.7. The Morgan fingerprint density at radius 3 is 1.68 bits per heavy atom. The Bertz CT molecular complexity index is 3540. The Morgan fingerprint density at radius 1 is 0.333 bits per heavy atom. The molecule has 280 valence electrons. The molecule has 12 rings (SSSR count). The van der Waals surface area contributed by atoms with Gasteiger partial charge in [-0.1, -0.05) is 170 Å². The molecular formula is C55H34N4S. The summed E-state index contributed by atoms with van der Waals surface area (Å²) < 4.78 is 4.97. The van der Waals surface area contributed by atoms with Crippen LogP contribution < -0.4 is 0 Å². The van der Waals surface area contributed by atoms with Crippen LogP contribution in [-0.4, -0.2) is 19.5 Å². The molecule has 0 bridgehead atoms. The Balaban J connectivity index is 1.09. The topological polar surface area (TPSA) is 43.6 Å². The van der Waals surface area contributed by atoms with E-state index in [0.29, 0.717) is 17.5 Å². The van der Waals surface area contributed by atoms with Crippen LogP contribution in [0.15, 0.2) is 206 Å². The minimum absolute atomic E-state index is 0.636. The fraction of sp³-hybridized carbons (Fsp3) is 0. The van der Waals surface area contributed by atoms with Crippen molar-refractivity contribution < 1.29 is 0 Å². The number of aromatic nitrogens is 4. The van der Waals surface area contributed by atoms with Gasteiger partial charge < -0.3 is 4.57 Å². The summed E-state index contributed by atoms with van der Waals surface area (Å²) in [6.45, 7) is 0. The quantitative estimate of drug-likeness (QED) is 0.169. The van der Waals surface area contributed by atoms with Gasteiger partial charge in [-0.2, -0.15) is 0 Å². The Kier molecular flexibility index (Phi) is 8.00. The number of para-hydroxylation sites is 1. The lowest BCUT2D eigenvalue weighted by Crippen LogP contribution is -2.00. The summed E-state index contributed by atoms with van der Waals surface area (Å²) in [5.41, 5.74) is 11.0. The highest BCUT2D eigenvalue weighted by Crippen LogP contribution is 2.44. The fourth-order valence-electron chi connectivity index (χ4n) is 8.81. The summed E-state index contributed by atoms with van der Waals surface area (Å²) in [4.78, 5) is 15.1. The van der Waals surface area contributed by atoms with Crippen molar-refractivity contribution in [3.63, 3.8) is 0 Å². The maximum atomic E-state index is 5.09. The van der Waals surface area contributed by atoms with E-state index in [1.807, 2.05) is 72.0 Å². The number of nitrogens with zero attached hydrogens (tertiary/aromatic N) is 4. The average Bonchev–Trinajstić information content (AvgIpc) is 3.87. The van der Waals surface area contributed by atoms with Gasteiger partial charge in [0.2, 0.25) is 0 Å². The highest BCUT2D eigenvalue weighted by atomic mass is 32.1. The van der Waals surface area contributed by atoms with Gasteiger partial charge in [-0.25, -0.2) is 15.0 Å². The average molecular weight is 783 g/mol. The van der Waals surface area contributed by atoms with Gasteiger partial charge in [-0.15, -0.1) is 11.3 Å². The van der Waals surface area contributed by atoms with E-state index in [4.69, 9.17) is 15.0 Å². The minimum atomic E-state index is 0.636. The number of thiophene rings is 1. The molecule has 0 atom stereocenters. The summed E-state index contributed by atoms with van der Waals surface area (Å²) >= 11 is 1.85. The lowest BCUT2D eigenvalue weighted by atomic mass is 9.97. The van der Waals surface area contributed by atoms with Gasteiger partial charge in [0, 0.05) is 58.9 Å². The Morgan fingerprint density at radius 2 is 0.900 bits per heavy atom. The van der Waals surface area contributed by atoms with E-state index in [-0.39, 0.29) is 0 Å². The molecule has 0 N–H and O–H groups in total. The van der Waals surface area contributed by atoms with Crippen LogP contribution in [0, 0.1) is 0 Å². The second-order valence-corrected chi connectivity index (χ2v) is 16.3. The van der Waals surface area contributed by atoms with Crippen molar-refractivity contribution in [3.8, 4) is 62.1 Å². The molecule has 0 aliphatic carbocycles. The largest absolute Gasteiger partial charge is 0.309 e. The first-order chi connectivity index (χ1) is 29.7. The molecule has 60 heavy (non-hydrogen) atoms. The molecule has 0 aliphatic heterocycles. The van der Waals surface area contributed by atoms with Crippen molar-refractivity contribution in [2.75, 3.05) is 0 Å². The molecule has 5 heteroatoms. The monoisotopic (exact) mass is 782 g/mol. The van der Waals surface area contributed by atoms with E-state index in [9.17, 15) is 0 Å². The van der Waals surface area contributed by atoms with Crippen molar-refractivity contribution in [1.82, 2.24) is 19.5 Å². The zero-order chi connectivity index (χ0) is 39.6. The number of hydrogen-bond acceptors (Lipinski definition) is 4. The molecule has 12 aromatic rings. The molecule has 0 saturated carbocycles. The first-order valence-electron chi connectivity index (χ1n) is 20.2. The van der Waals surface area contributed by atoms with Crippen molar-refractivity contribution in [2.45, 2.75) is 0 Å². The number of hydrogen-bond donors (Lipinski definition) is 0. The first-order valence-corrected chi connectivity index (χ1v) is 21.0. The van der Waals surface area contributed by atoms with Crippen LogP contribution in [0.25, 0.3) is 115 Å². The van der Waals surface area contributed by atoms with E-state index in [2.05, 4.69) is 150 Å². The molecule has 0 amide bonds. The van der Waals surface area contributed by atoms with Crippen LogP contribution in [0.3, 0.4) is 0 Å². The van der Waals surface area contributed by atoms with Gasteiger partial charge in [-0.3, -0.25) is 0 Å². The molecule has 0 radical (unpaired) electrons. The maximum absolute atomic E-state index is 5.09. The molecule has 0 spiro atoms. The predicted molar refractivity (Wildman–Crippen MR) is 252 cm³/mol. The summed E-state index contributed by atoms with van der Waals surface area (Å²) in [6, 6.07) is 73.5. The van der Waals surface area contributed by atoms with Gasteiger partial charge in [0.15, 0.2) is 17.5 Å². The third-order valence-corrected chi connectivity index (χ3v) is 12.8. The molecule has 4 nitrogen and oxygen atoms in total. The Labute approximate surface area is 350 Å². The lowest BCUT2D eigenvalue weighted by molar-refractivity contribution is 1.07. The smallest absolute Gasteiger partial charge is 0.164 e. The second kappa shape index (κ2) is 14.0. The van der Waals surface area contributed by atoms with E-state index < -0.39 is 0 Å². The van der Waals surface area contributed by atoms with Crippen molar-refractivity contribution in [3.05, 3.63) is 206 Å². The summed E-state index contributed by atoms with van der Waals surface area (Å²) in [5.74, 6) is 1.93. The SMILES string of the molecule is c1ccc(-c2nc(-c3ccccc3)nc(-c3cccc(-c4cc(-n5c6ccccc6c6ccc(-c7cccc8ccccc78)cc65)cc5c4sc4ccccc45)c3)n2)cc1. The number of benzene rings is 9. The second-order valence-electron chi connectivity index (χ2n) is 15.2. The zero-order valence-electron chi connectivity index (χ0n) is 32.3. The van der Waals surface area contributed by atoms with Crippen LogP contribution >= 0.6 is 11.3 Å².